The Kier molecular flexibility index (Phi) is 5.16. The van der Waals surface area contributed by atoms with E-state index >= 15 is 0 Å². The van der Waals surface area contributed by atoms with E-state index in [4.69, 9.17) is 0 Å². The topological polar surface area (TPSA) is 74.6 Å². The minimum Gasteiger partial charge on any atom is -0.343 e. The summed E-state index contributed by atoms with van der Waals surface area (Å²) in [6, 6.07) is -0.149. The van der Waals surface area contributed by atoms with Gasteiger partial charge in [-0.1, -0.05) is 6.92 Å². The maximum atomic E-state index is 13.2. The fourth-order valence-corrected chi connectivity index (χ4v) is 4.70. The molecular formula is C19H30N6O2. The van der Waals surface area contributed by atoms with Crippen LogP contribution in [0.15, 0.2) is 0 Å². The summed E-state index contributed by atoms with van der Waals surface area (Å²) < 4.78 is 2.13. The van der Waals surface area contributed by atoms with E-state index in [-0.39, 0.29) is 23.8 Å². The van der Waals surface area contributed by atoms with Crippen molar-refractivity contribution < 1.29 is 9.59 Å². The maximum absolute atomic E-state index is 13.2. The van der Waals surface area contributed by atoms with Crippen LogP contribution in [0.3, 0.4) is 0 Å². The molecule has 0 saturated carbocycles. The molecule has 2 amide bonds. The molecule has 4 rings (SSSR count). The summed E-state index contributed by atoms with van der Waals surface area (Å²) in [5, 5.41) is 8.85. The van der Waals surface area contributed by atoms with E-state index in [1.807, 2.05) is 9.80 Å². The van der Waals surface area contributed by atoms with Crippen molar-refractivity contribution in [1.82, 2.24) is 29.5 Å². The van der Waals surface area contributed by atoms with Crippen LogP contribution < -0.4 is 0 Å². The van der Waals surface area contributed by atoms with Gasteiger partial charge in [0.05, 0.1) is 0 Å². The number of carbonyl (C=O) groups excluding carboxylic acids is 2. The lowest BCUT2D eigenvalue weighted by atomic mass is 9.95. The highest BCUT2D eigenvalue weighted by Crippen LogP contribution is 2.34. The molecule has 2 fully saturated rings. The zero-order chi connectivity index (χ0) is 19.0. The first-order valence-corrected chi connectivity index (χ1v) is 10.3. The third-order valence-electron chi connectivity index (χ3n) is 6.47. The number of hydrogen-bond donors (Lipinski definition) is 0. The fraction of sp³-hybridized carbons (Fsp3) is 0.789. The van der Waals surface area contributed by atoms with E-state index < -0.39 is 0 Å². The predicted molar refractivity (Wildman–Crippen MR) is 100 cm³/mol. The van der Waals surface area contributed by atoms with Crippen LogP contribution in [0, 0.1) is 0 Å². The van der Waals surface area contributed by atoms with Gasteiger partial charge in [0.25, 0.3) is 0 Å². The molecule has 2 saturated heterocycles. The number of carbonyl (C=O) groups is 2. The van der Waals surface area contributed by atoms with Crippen molar-refractivity contribution in [3.63, 3.8) is 0 Å². The van der Waals surface area contributed by atoms with Crippen molar-refractivity contribution in [2.45, 2.75) is 51.5 Å². The zero-order valence-electron chi connectivity index (χ0n) is 16.4. The molecule has 1 unspecified atom stereocenters. The zero-order valence-corrected chi connectivity index (χ0v) is 16.4. The van der Waals surface area contributed by atoms with Crippen LogP contribution in [0.2, 0.25) is 0 Å². The molecule has 0 radical (unpaired) electrons. The molecule has 0 aliphatic carbocycles. The number of piperazine rings is 1. The third kappa shape index (κ3) is 3.47. The highest BCUT2D eigenvalue weighted by Gasteiger charge is 2.38. The molecular weight excluding hydrogens is 344 g/mol. The molecule has 148 valence electrons. The molecule has 0 N–H and O–H groups in total. The second-order valence-electron chi connectivity index (χ2n) is 7.94. The first-order chi connectivity index (χ1) is 13.1. The maximum Gasteiger partial charge on any atom is 0.245 e. The molecule has 27 heavy (non-hydrogen) atoms. The van der Waals surface area contributed by atoms with Gasteiger partial charge in [-0.3, -0.25) is 9.59 Å². The van der Waals surface area contributed by atoms with Crippen molar-refractivity contribution in [1.29, 1.82) is 0 Å². The van der Waals surface area contributed by atoms with Crippen LogP contribution in [0.5, 0.6) is 0 Å². The summed E-state index contributed by atoms with van der Waals surface area (Å²) in [5.41, 5.74) is 0. The van der Waals surface area contributed by atoms with Gasteiger partial charge in [-0.05, 0) is 25.8 Å². The summed E-state index contributed by atoms with van der Waals surface area (Å²) in [6.45, 7) is 9.91. The number of aromatic nitrogens is 3. The second kappa shape index (κ2) is 7.58. The minimum atomic E-state index is -0.149. The Bertz CT molecular complexity index is 701. The number of likely N-dealkylation sites (N-methyl/N-ethyl adjacent to an activating group) is 1. The van der Waals surface area contributed by atoms with Crippen molar-refractivity contribution >= 4 is 11.8 Å². The number of nitrogens with zero attached hydrogens (tertiary/aromatic N) is 6. The lowest BCUT2D eigenvalue weighted by Gasteiger charge is -2.36. The van der Waals surface area contributed by atoms with Gasteiger partial charge in [-0.15, -0.1) is 10.2 Å². The lowest BCUT2D eigenvalue weighted by Crippen LogP contribution is -2.50. The standard InChI is InChI=1S/C19H30N6O2/c1-3-22-10-12-24(13-11-22)19(27)16-4-5-17-20-21-18(25(16)17)15-6-8-23(9-7-15)14(2)26/h15-16H,3-13H2,1-2H3. The van der Waals surface area contributed by atoms with E-state index in [0.29, 0.717) is 0 Å². The molecule has 1 aromatic rings. The highest BCUT2D eigenvalue weighted by atomic mass is 16.2. The van der Waals surface area contributed by atoms with E-state index in [2.05, 4.69) is 26.6 Å². The smallest absolute Gasteiger partial charge is 0.245 e. The normalized spacial score (nSPS) is 24.3. The van der Waals surface area contributed by atoms with Crippen LogP contribution in [0.1, 0.15) is 56.7 Å². The lowest BCUT2D eigenvalue weighted by molar-refractivity contribution is -0.136. The van der Waals surface area contributed by atoms with Crippen molar-refractivity contribution in [2.24, 2.45) is 0 Å². The van der Waals surface area contributed by atoms with Gasteiger partial charge in [0.1, 0.15) is 17.7 Å². The summed E-state index contributed by atoms with van der Waals surface area (Å²) in [4.78, 5) is 31.1. The Morgan fingerprint density at radius 1 is 0.963 bits per heavy atom. The van der Waals surface area contributed by atoms with E-state index in [1.165, 1.54) is 0 Å². The first kappa shape index (κ1) is 18.4. The van der Waals surface area contributed by atoms with Crippen LogP contribution >= 0.6 is 0 Å². The monoisotopic (exact) mass is 374 g/mol. The fourth-order valence-electron chi connectivity index (χ4n) is 4.70. The van der Waals surface area contributed by atoms with Crippen molar-refractivity contribution in [3.8, 4) is 0 Å². The molecule has 0 spiro atoms. The Morgan fingerprint density at radius 3 is 2.30 bits per heavy atom. The summed E-state index contributed by atoms with van der Waals surface area (Å²) >= 11 is 0. The number of aryl methyl sites for hydroxylation is 1. The average Bonchev–Trinajstić information content (AvgIpc) is 3.30. The van der Waals surface area contributed by atoms with E-state index in [1.54, 1.807) is 6.92 Å². The van der Waals surface area contributed by atoms with Crippen LogP contribution in [0.25, 0.3) is 0 Å². The van der Waals surface area contributed by atoms with Crippen LogP contribution in [0.4, 0.5) is 0 Å². The number of fused-ring (bicyclic) bond motifs is 1. The number of rotatable bonds is 3. The van der Waals surface area contributed by atoms with Crippen LogP contribution in [-0.4, -0.2) is 87.1 Å². The average molecular weight is 374 g/mol. The van der Waals surface area contributed by atoms with E-state index in [9.17, 15) is 9.59 Å². The van der Waals surface area contributed by atoms with Gasteiger partial charge in [0.15, 0.2) is 0 Å². The van der Waals surface area contributed by atoms with Gasteiger partial charge in [-0.25, -0.2) is 0 Å². The van der Waals surface area contributed by atoms with Gasteiger partial charge in [0, 0.05) is 58.5 Å². The Hall–Kier alpha value is -1.96. The summed E-state index contributed by atoms with van der Waals surface area (Å²) in [6.07, 6.45) is 3.45. The van der Waals surface area contributed by atoms with E-state index in [0.717, 1.165) is 83.1 Å². The van der Waals surface area contributed by atoms with Crippen LogP contribution in [-0.2, 0) is 16.0 Å². The number of hydrogen-bond acceptors (Lipinski definition) is 5. The van der Waals surface area contributed by atoms with Gasteiger partial charge in [-0.2, -0.15) is 0 Å². The highest BCUT2D eigenvalue weighted by molar-refractivity contribution is 5.81. The quantitative estimate of drug-likeness (QED) is 0.777. The van der Waals surface area contributed by atoms with Crippen molar-refractivity contribution in [2.75, 3.05) is 45.8 Å². The number of amides is 2. The molecule has 0 aromatic carbocycles. The third-order valence-corrected chi connectivity index (χ3v) is 6.47. The molecule has 3 aliphatic rings. The SMILES string of the molecule is CCN1CCN(C(=O)C2CCc3nnc(C4CCN(C(C)=O)CC4)n32)CC1. The molecule has 8 nitrogen and oxygen atoms in total. The van der Waals surface area contributed by atoms with Crippen molar-refractivity contribution in [3.05, 3.63) is 11.6 Å². The molecule has 1 atom stereocenters. The minimum absolute atomic E-state index is 0.138. The molecule has 1 aromatic heterocycles. The molecule has 3 aliphatic heterocycles. The Labute approximate surface area is 160 Å². The first-order valence-electron chi connectivity index (χ1n) is 10.3. The van der Waals surface area contributed by atoms with Gasteiger partial charge >= 0.3 is 0 Å². The molecule has 0 bridgehead atoms. The second-order valence-corrected chi connectivity index (χ2v) is 7.94. The Balaban J connectivity index is 1.47. The predicted octanol–water partition coefficient (Wildman–Crippen LogP) is 0.655. The van der Waals surface area contributed by atoms with Gasteiger partial charge in [0.2, 0.25) is 11.8 Å². The number of likely N-dealkylation sites (tertiary alicyclic amines) is 1. The molecule has 4 heterocycles. The Morgan fingerprint density at radius 2 is 1.67 bits per heavy atom. The largest absolute Gasteiger partial charge is 0.343 e. The summed E-state index contributed by atoms with van der Waals surface area (Å²) in [7, 11) is 0. The summed E-state index contributed by atoms with van der Waals surface area (Å²) in [5.74, 6) is 2.55. The molecule has 8 heteroatoms. The number of piperidine rings is 1. The van der Waals surface area contributed by atoms with Gasteiger partial charge < -0.3 is 19.3 Å².